The number of halogens is 1. The molecule has 0 fully saturated rings. The first-order valence-electron chi connectivity index (χ1n) is 4.99. The molecule has 0 unspecified atom stereocenters. The van der Waals surface area contributed by atoms with Crippen molar-refractivity contribution in [1.82, 2.24) is 4.98 Å². The summed E-state index contributed by atoms with van der Waals surface area (Å²) in [6.45, 7) is 2.97. The molecule has 0 saturated carbocycles. The van der Waals surface area contributed by atoms with Crippen LogP contribution in [0.2, 0.25) is 5.15 Å². The third kappa shape index (κ3) is 2.16. The zero-order chi connectivity index (χ0) is 10.8. The predicted molar refractivity (Wildman–Crippen MR) is 61.6 cm³/mol. The Morgan fingerprint density at radius 2 is 2.47 bits per heavy atom. The molecule has 2 heterocycles. The van der Waals surface area contributed by atoms with Crippen LogP contribution >= 0.6 is 11.6 Å². The molecule has 5 heteroatoms. The van der Waals surface area contributed by atoms with Gasteiger partial charge in [0.1, 0.15) is 5.15 Å². The van der Waals surface area contributed by atoms with E-state index in [1.165, 1.54) is 0 Å². The van der Waals surface area contributed by atoms with Crippen LogP contribution in [-0.2, 0) is 0 Å². The summed E-state index contributed by atoms with van der Waals surface area (Å²) in [5.74, 6) is 0.782. The van der Waals surface area contributed by atoms with Gasteiger partial charge < -0.3 is 15.7 Å². The lowest BCUT2D eigenvalue weighted by molar-refractivity contribution is 0.280. The molecule has 0 aromatic carbocycles. The van der Waals surface area contributed by atoms with Crippen LogP contribution in [0.3, 0.4) is 0 Å². The maximum atomic E-state index is 8.86. The van der Waals surface area contributed by atoms with Gasteiger partial charge in [0.2, 0.25) is 0 Å². The summed E-state index contributed by atoms with van der Waals surface area (Å²) < 4.78 is 0. The molecule has 1 aliphatic rings. The molecule has 1 atom stereocenters. The molecule has 0 radical (unpaired) electrons. The summed E-state index contributed by atoms with van der Waals surface area (Å²) >= 11 is 5.88. The molecule has 0 saturated heterocycles. The number of nitrogens with one attached hydrogen (secondary N) is 2. The molecular weight excluding hydrogens is 214 g/mol. The Morgan fingerprint density at radius 3 is 3.20 bits per heavy atom. The summed E-state index contributed by atoms with van der Waals surface area (Å²) in [6.07, 6.45) is 0.708. The lowest BCUT2D eigenvalue weighted by Gasteiger charge is -2.28. The number of aromatic nitrogens is 1. The molecule has 1 aliphatic heterocycles. The molecule has 0 aliphatic carbocycles. The van der Waals surface area contributed by atoms with Crippen LogP contribution in [0.25, 0.3) is 0 Å². The summed E-state index contributed by atoms with van der Waals surface area (Å²) in [5.41, 5.74) is 2.09. The molecule has 0 spiro atoms. The van der Waals surface area contributed by atoms with Gasteiger partial charge in [0.15, 0.2) is 5.82 Å². The second-order valence-corrected chi connectivity index (χ2v) is 4.11. The summed E-state index contributed by atoms with van der Waals surface area (Å²) in [7, 11) is 0. The number of aliphatic hydroxyl groups excluding tert-OH is 1. The molecule has 2 rings (SSSR count). The minimum Gasteiger partial charge on any atom is -0.396 e. The molecule has 0 bridgehead atoms. The van der Waals surface area contributed by atoms with E-state index in [-0.39, 0.29) is 12.6 Å². The fourth-order valence-corrected chi connectivity index (χ4v) is 2.01. The summed E-state index contributed by atoms with van der Waals surface area (Å²) in [6, 6.07) is 2.05. The highest BCUT2D eigenvalue weighted by Gasteiger charge is 2.19. The van der Waals surface area contributed by atoms with Crippen molar-refractivity contribution >= 4 is 23.1 Å². The fourth-order valence-electron chi connectivity index (χ4n) is 1.76. The van der Waals surface area contributed by atoms with Crippen molar-refractivity contribution in [1.29, 1.82) is 0 Å². The van der Waals surface area contributed by atoms with Crippen LogP contribution in [0, 0.1) is 6.92 Å². The number of hydrogen-bond donors (Lipinski definition) is 3. The van der Waals surface area contributed by atoms with E-state index in [4.69, 9.17) is 16.7 Å². The molecule has 0 amide bonds. The average Bonchev–Trinajstić information content (AvgIpc) is 2.17. The molecule has 1 aromatic rings. The van der Waals surface area contributed by atoms with Crippen LogP contribution in [0.4, 0.5) is 11.5 Å². The molecular formula is C10H14ClN3O. The molecule has 1 aromatic heterocycles. The van der Waals surface area contributed by atoms with Gasteiger partial charge in [0.25, 0.3) is 0 Å². The van der Waals surface area contributed by atoms with E-state index >= 15 is 0 Å². The minimum absolute atomic E-state index is 0.175. The van der Waals surface area contributed by atoms with E-state index in [0.717, 1.165) is 23.6 Å². The van der Waals surface area contributed by atoms with Crippen LogP contribution in [0.15, 0.2) is 6.07 Å². The Balaban J connectivity index is 2.25. The van der Waals surface area contributed by atoms with Crippen molar-refractivity contribution in [2.75, 3.05) is 23.8 Å². The summed E-state index contributed by atoms with van der Waals surface area (Å²) in [4.78, 5) is 4.22. The van der Waals surface area contributed by atoms with Crippen molar-refractivity contribution < 1.29 is 5.11 Å². The molecule has 3 N–H and O–H groups in total. The Bertz CT molecular complexity index is 370. The van der Waals surface area contributed by atoms with E-state index in [1.807, 2.05) is 13.0 Å². The monoisotopic (exact) mass is 227 g/mol. The lowest BCUT2D eigenvalue weighted by Crippen LogP contribution is -2.34. The Kier molecular flexibility index (Phi) is 2.98. The van der Waals surface area contributed by atoms with E-state index in [2.05, 4.69) is 15.6 Å². The Morgan fingerprint density at radius 1 is 1.67 bits per heavy atom. The van der Waals surface area contributed by atoms with Gasteiger partial charge in [-0.3, -0.25) is 0 Å². The fraction of sp³-hybridized carbons (Fsp3) is 0.500. The van der Waals surface area contributed by atoms with Crippen LogP contribution in [-0.4, -0.2) is 29.3 Å². The number of fused-ring (bicyclic) bond motifs is 1. The zero-order valence-corrected chi connectivity index (χ0v) is 9.30. The number of aliphatic hydroxyl groups is 1. The standard InChI is InChI=1S/C10H14ClN3O/c1-6-4-8(11)14-10-9(6)12-5-7(13-10)2-3-15/h4,7,12,15H,2-3,5H2,1H3,(H,13,14)/t7-/m0/s1. The number of pyridine rings is 1. The second kappa shape index (κ2) is 4.24. The van der Waals surface area contributed by atoms with Gasteiger partial charge in [-0.2, -0.15) is 0 Å². The number of hydrogen-bond acceptors (Lipinski definition) is 4. The number of nitrogens with zero attached hydrogens (tertiary/aromatic N) is 1. The zero-order valence-electron chi connectivity index (χ0n) is 8.55. The SMILES string of the molecule is Cc1cc(Cl)nc2c1NC[C@H](CCO)N2. The van der Waals surface area contributed by atoms with E-state index in [0.29, 0.717) is 11.6 Å². The van der Waals surface area contributed by atoms with E-state index in [9.17, 15) is 0 Å². The van der Waals surface area contributed by atoms with Crippen LogP contribution in [0.5, 0.6) is 0 Å². The van der Waals surface area contributed by atoms with Crippen molar-refractivity contribution in [2.45, 2.75) is 19.4 Å². The Hall–Kier alpha value is -1.00. The first-order chi connectivity index (χ1) is 7.20. The summed E-state index contributed by atoms with van der Waals surface area (Å²) in [5, 5.41) is 15.9. The highest BCUT2D eigenvalue weighted by atomic mass is 35.5. The highest BCUT2D eigenvalue weighted by molar-refractivity contribution is 6.29. The number of rotatable bonds is 2. The van der Waals surface area contributed by atoms with Gasteiger partial charge in [-0.15, -0.1) is 0 Å². The quantitative estimate of drug-likeness (QED) is 0.673. The van der Waals surface area contributed by atoms with Gasteiger partial charge in [-0.1, -0.05) is 11.6 Å². The maximum absolute atomic E-state index is 8.86. The minimum atomic E-state index is 0.175. The van der Waals surface area contributed by atoms with Gasteiger partial charge >= 0.3 is 0 Å². The molecule has 4 nitrogen and oxygen atoms in total. The second-order valence-electron chi connectivity index (χ2n) is 3.72. The lowest BCUT2D eigenvalue weighted by atomic mass is 10.1. The van der Waals surface area contributed by atoms with Gasteiger partial charge in [0, 0.05) is 19.2 Å². The molecule has 15 heavy (non-hydrogen) atoms. The van der Waals surface area contributed by atoms with Gasteiger partial charge in [-0.25, -0.2) is 4.98 Å². The number of aryl methyl sites for hydroxylation is 1. The maximum Gasteiger partial charge on any atom is 0.151 e. The van der Waals surface area contributed by atoms with E-state index in [1.54, 1.807) is 0 Å². The van der Waals surface area contributed by atoms with Gasteiger partial charge in [0.05, 0.1) is 5.69 Å². The number of anilines is 2. The van der Waals surface area contributed by atoms with E-state index < -0.39 is 0 Å². The van der Waals surface area contributed by atoms with Gasteiger partial charge in [-0.05, 0) is 25.0 Å². The third-order valence-electron chi connectivity index (χ3n) is 2.53. The third-order valence-corrected chi connectivity index (χ3v) is 2.72. The van der Waals surface area contributed by atoms with Crippen molar-refractivity contribution in [3.8, 4) is 0 Å². The predicted octanol–water partition coefficient (Wildman–Crippen LogP) is 1.63. The van der Waals surface area contributed by atoms with Crippen molar-refractivity contribution in [3.05, 3.63) is 16.8 Å². The smallest absolute Gasteiger partial charge is 0.151 e. The highest BCUT2D eigenvalue weighted by Crippen LogP contribution is 2.30. The largest absolute Gasteiger partial charge is 0.396 e. The first-order valence-corrected chi connectivity index (χ1v) is 5.37. The normalized spacial score (nSPS) is 19.0. The van der Waals surface area contributed by atoms with Crippen LogP contribution < -0.4 is 10.6 Å². The van der Waals surface area contributed by atoms with Crippen molar-refractivity contribution in [3.63, 3.8) is 0 Å². The Labute approximate surface area is 93.7 Å². The van der Waals surface area contributed by atoms with Crippen LogP contribution in [0.1, 0.15) is 12.0 Å². The molecule has 82 valence electrons. The topological polar surface area (TPSA) is 57.2 Å². The average molecular weight is 228 g/mol. The first kappa shape index (κ1) is 10.5. The van der Waals surface area contributed by atoms with Crippen molar-refractivity contribution in [2.24, 2.45) is 0 Å².